The van der Waals surface area contributed by atoms with Crippen LogP contribution in [0.15, 0.2) is 5.38 Å². The molecule has 2 rings (SSSR count). The maximum Gasteiger partial charge on any atom is 0.185 e. The molecule has 1 aliphatic carbocycles. The van der Waals surface area contributed by atoms with Crippen LogP contribution in [-0.2, 0) is 11.3 Å². The number of nitrogens with two attached hydrogens (primary N) is 1. The van der Waals surface area contributed by atoms with Gasteiger partial charge in [-0.25, -0.2) is 4.98 Å². The van der Waals surface area contributed by atoms with Crippen molar-refractivity contribution >= 4 is 16.5 Å². The number of aromatic nitrogens is 1. The van der Waals surface area contributed by atoms with Gasteiger partial charge in [-0.2, -0.15) is 0 Å². The zero-order valence-electron chi connectivity index (χ0n) is 8.98. The van der Waals surface area contributed by atoms with Crippen molar-refractivity contribution < 1.29 is 4.74 Å². The van der Waals surface area contributed by atoms with Crippen LogP contribution < -0.4 is 10.6 Å². The minimum atomic E-state index is 0.527. The largest absolute Gasteiger partial charge is 0.383 e. The topological polar surface area (TPSA) is 51.4 Å². The van der Waals surface area contributed by atoms with E-state index < -0.39 is 0 Å². The smallest absolute Gasteiger partial charge is 0.185 e. The van der Waals surface area contributed by atoms with Crippen LogP contribution in [0.4, 0.5) is 5.13 Å². The predicted molar refractivity (Wildman–Crippen MR) is 62.2 cm³/mol. The first-order chi connectivity index (χ1) is 7.35. The van der Waals surface area contributed by atoms with E-state index in [1.165, 1.54) is 12.8 Å². The zero-order valence-corrected chi connectivity index (χ0v) is 9.80. The Bertz CT molecular complexity index is 311. The van der Waals surface area contributed by atoms with Crippen molar-refractivity contribution in [1.29, 1.82) is 0 Å². The number of thiazole rings is 1. The molecule has 0 amide bonds. The van der Waals surface area contributed by atoms with Crippen molar-refractivity contribution in [2.45, 2.75) is 25.4 Å². The van der Waals surface area contributed by atoms with Gasteiger partial charge in [0.2, 0.25) is 0 Å². The van der Waals surface area contributed by atoms with Crippen LogP contribution in [0.25, 0.3) is 0 Å². The summed E-state index contributed by atoms with van der Waals surface area (Å²) >= 11 is 1.68. The Morgan fingerprint density at radius 3 is 3.00 bits per heavy atom. The molecule has 1 saturated carbocycles. The van der Waals surface area contributed by atoms with Gasteiger partial charge >= 0.3 is 0 Å². The third-order valence-corrected chi connectivity index (χ3v) is 3.44. The highest BCUT2D eigenvalue weighted by Crippen LogP contribution is 2.33. The molecule has 1 aliphatic rings. The molecule has 1 fully saturated rings. The fourth-order valence-electron chi connectivity index (χ4n) is 1.53. The molecule has 1 aromatic rings. The van der Waals surface area contributed by atoms with E-state index in [4.69, 9.17) is 10.5 Å². The Balaban J connectivity index is 2.02. The van der Waals surface area contributed by atoms with Crippen LogP contribution >= 0.6 is 11.3 Å². The van der Waals surface area contributed by atoms with Crippen LogP contribution in [0, 0.1) is 0 Å². The second-order valence-corrected chi connectivity index (χ2v) is 4.58. The van der Waals surface area contributed by atoms with E-state index in [-0.39, 0.29) is 0 Å². The first-order valence-corrected chi connectivity index (χ1v) is 6.13. The summed E-state index contributed by atoms with van der Waals surface area (Å²) in [6.45, 7) is 2.21. The Labute approximate surface area is 94.1 Å². The summed E-state index contributed by atoms with van der Waals surface area (Å²) in [4.78, 5) is 6.85. The van der Waals surface area contributed by atoms with E-state index in [0.717, 1.165) is 24.0 Å². The number of nitrogens with zero attached hydrogens (tertiary/aromatic N) is 2. The van der Waals surface area contributed by atoms with Gasteiger partial charge in [0.25, 0.3) is 0 Å². The zero-order chi connectivity index (χ0) is 10.7. The molecule has 0 saturated heterocycles. The minimum Gasteiger partial charge on any atom is -0.383 e. The third-order valence-electron chi connectivity index (χ3n) is 2.52. The van der Waals surface area contributed by atoms with Crippen molar-refractivity contribution in [1.82, 2.24) is 4.98 Å². The van der Waals surface area contributed by atoms with Gasteiger partial charge in [0.05, 0.1) is 12.3 Å². The van der Waals surface area contributed by atoms with Crippen LogP contribution in [0.5, 0.6) is 0 Å². The lowest BCUT2D eigenvalue weighted by Gasteiger charge is -2.20. The van der Waals surface area contributed by atoms with Gasteiger partial charge in [0.1, 0.15) is 0 Å². The molecular formula is C10H17N3OS. The highest BCUT2D eigenvalue weighted by molar-refractivity contribution is 7.13. The SMILES string of the molecule is COCCN(c1nc(CN)cs1)C1CC1. The Morgan fingerprint density at radius 2 is 2.47 bits per heavy atom. The third kappa shape index (κ3) is 2.68. The molecule has 0 aromatic carbocycles. The monoisotopic (exact) mass is 227 g/mol. The average molecular weight is 227 g/mol. The lowest BCUT2D eigenvalue weighted by atomic mass is 10.5. The van der Waals surface area contributed by atoms with Crippen LogP contribution in [0.2, 0.25) is 0 Å². The van der Waals surface area contributed by atoms with Crippen LogP contribution in [0.3, 0.4) is 0 Å². The summed E-state index contributed by atoms with van der Waals surface area (Å²) < 4.78 is 5.12. The van der Waals surface area contributed by atoms with Crippen LogP contribution in [-0.4, -0.2) is 31.3 Å². The number of ether oxygens (including phenoxy) is 1. The van der Waals surface area contributed by atoms with E-state index in [1.54, 1.807) is 18.4 Å². The standard InChI is InChI=1S/C10H17N3OS/c1-14-5-4-13(9-2-3-9)10-12-8(6-11)7-15-10/h7,9H,2-6,11H2,1H3. The molecule has 0 aliphatic heterocycles. The second kappa shape index (κ2) is 4.92. The van der Waals surface area contributed by atoms with Crippen molar-refractivity contribution in [3.05, 3.63) is 11.1 Å². The predicted octanol–water partition coefficient (Wildman–Crippen LogP) is 1.22. The van der Waals surface area contributed by atoms with E-state index in [1.807, 2.05) is 5.38 Å². The Morgan fingerprint density at radius 1 is 1.67 bits per heavy atom. The summed E-state index contributed by atoms with van der Waals surface area (Å²) in [6.07, 6.45) is 2.56. The molecule has 5 heteroatoms. The fourth-order valence-corrected chi connectivity index (χ4v) is 2.47. The first-order valence-electron chi connectivity index (χ1n) is 5.25. The highest BCUT2D eigenvalue weighted by atomic mass is 32.1. The van der Waals surface area contributed by atoms with Gasteiger partial charge in [0.15, 0.2) is 5.13 Å². The maximum atomic E-state index is 5.56. The lowest BCUT2D eigenvalue weighted by Crippen LogP contribution is -2.29. The number of hydrogen-bond acceptors (Lipinski definition) is 5. The van der Waals surface area contributed by atoms with Gasteiger partial charge in [-0.1, -0.05) is 0 Å². The van der Waals surface area contributed by atoms with Crippen molar-refractivity contribution in [2.24, 2.45) is 5.73 Å². The Kier molecular flexibility index (Phi) is 3.56. The molecule has 84 valence electrons. The average Bonchev–Trinajstić information content (AvgIpc) is 2.97. The van der Waals surface area contributed by atoms with Gasteiger partial charge in [-0.05, 0) is 12.8 Å². The van der Waals surface area contributed by atoms with Gasteiger partial charge in [-0.15, -0.1) is 11.3 Å². The van der Waals surface area contributed by atoms with E-state index in [0.29, 0.717) is 12.6 Å². The number of methoxy groups -OCH3 is 1. The number of rotatable bonds is 6. The molecular weight excluding hydrogens is 210 g/mol. The molecule has 2 N–H and O–H groups in total. The first kappa shape index (κ1) is 10.9. The van der Waals surface area contributed by atoms with E-state index >= 15 is 0 Å². The summed E-state index contributed by atoms with van der Waals surface area (Å²) in [6, 6.07) is 0.678. The number of anilines is 1. The summed E-state index contributed by atoms with van der Waals surface area (Å²) in [7, 11) is 1.73. The molecule has 1 aromatic heterocycles. The Hall–Kier alpha value is -0.650. The molecule has 15 heavy (non-hydrogen) atoms. The molecule has 1 heterocycles. The molecule has 0 spiro atoms. The van der Waals surface area contributed by atoms with Crippen LogP contribution in [0.1, 0.15) is 18.5 Å². The molecule has 0 atom stereocenters. The normalized spacial score (nSPS) is 15.6. The fraction of sp³-hybridized carbons (Fsp3) is 0.700. The minimum absolute atomic E-state index is 0.527. The molecule has 0 unspecified atom stereocenters. The summed E-state index contributed by atoms with van der Waals surface area (Å²) in [5.41, 5.74) is 6.54. The molecule has 4 nitrogen and oxygen atoms in total. The summed E-state index contributed by atoms with van der Waals surface area (Å²) in [5, 5.41) is 3.13. The maximum absolute atomic E-state index is 5.56. The van der Waals surface area contributed by atoms with Gasteiger partial charge in [0, 0.05) is 31.6 Å². The van der Waals surface area contributed by atoms with E-state index in [9.17, 15) is 0 Å². The molecule has 0 radical (unpaired) electrons. The quantitative estimate of drug-likeness (QED) is 0.794. The van der Waals surface area contributed by atoms with Crippen molar-refractivity contribution in [2.75, 3.05) is 25.2 Å². The summed E-state index contributed by atoms with van der Waals surface area (Å²) in [5.74, 6) is 0. The van der Waals surface area contributed by atoms with Gasteiger partial charge < -0.3 is 15.4 Å². The molecule has 0 bridgehead atoms. The van der Waals surface area contributed by atoms with Crippen molar-refractivity contribution in [3.8, 4) is 0 Å². The van der Waals surface area contributed by atoms with Crippen molar-refractivity contribution in [3.63, 3.8) is 0 Å². The highest BCUT2D eigenvalue weighted by Gasteiger charge is 2.30. The second-order valence-electron chi connectivity index (χ2n) is 3.74. The number of hydrogen-bond donors (Lipinski definition) is 1. The lowest BCUT2D eigenvalue weighted by molar-refractivity contribution is 0.205. The van der Waals surface area contributed by atoms with Gasteiger partial charge in [-0.3, -0.25) is 0 Å². The van der Waals surface area contributed by atoms with E-state index in [2.05, 4.69) is 9.88 Å².